The van der Waals surface area contributed by atoms with Gasteiger partial charge in [-0.05, 0) is 18.8 Å². The standard InChI is InChI=1S/C10H16N4O3/c15-10(16)11-5-9-12-7-13-14(9)6-8-1-3-17-4-2-8/h7-8,11H,1-6H2,(H,15,16). The van der Waals surface area contributed by atoms with Crippen molar-refractivity contribution < 1.29 is 14.6 Å². The van der Waals surface area contributed by atoms with Crippen LogP contribution in [-0.4, -0.2) is 39.2 Å². The molecule has 1 aliphatic rings. The first kappa shape index (κ1) is 11.8. The summed E-state index contributed by atoms with van der Waals surface area (Å²) < 4.78 is 7.06. The first-order valence-electron chi connectivity index (χ1n) is 5.67. The molecule has 7 heteroatoms. The lowest BCUT2D eigenvalue weighted by Crippen LogP contribution is -2.25. The van der Waals surface area contributed by atoms with Crippen molar-refractivity contribution in [2.24, 2.45) is 5.92 Å². The second-order valence-electron chi connectivity index (χ2n) is 4.07. The van der Waals surface area contributed by atoms with Gasteiger partial charge in [-0.3, -0.25) is 0 Å². The summed E-state index contributed by atoms with van der Waals surface area (Å²) in [7, 11) is 0. The Morgan fingerprint density at radius 2 is 2.35 bits per heavy atom. The summed E-state index contributed by atoms with van der Waals surface area (Å²) in [6, 6.07) is 0. The number of ether oxygens (including phenoxy) is 1. The van der Waals surface area contributed by atoms with E-state index in [1.54, 1.807) is 4.68 Å². The predicted molar refractivity (Wildman–Crippen MR) is 58.4 cm³/mol. The quantitative estimate of drug-likeness (QED) is 0.798. The summed E-state index contributed by atoms with van der Waals surface area (Å²) in [6.07, 6.45) is 2.45. The van der Waals surface area contributed by atoms with Crippen LogP contribution >= 0.6 is 0 Å². The van der Waals surface area contributed by atoms with E-state index in [1.807, 2.05) is 0 Å². The van der Waals surface area contributed by atoms with Gasteiger partial charge in [0.15, 0.2) is 0 Å². The predicted octanol–water partition coefficient (Wildman–Crippen LogP) is 0.472. The third kappa shape index (κ3) is 3.42. The van der Waals surface area contributed by atoms with Crippen LogP contribution < -0.4 is 5.32 Å². The van der Waals surface area contributed by atoms with Crippen molar-refractivity contribution in [2.45, 2.75) is 25.9 Å². The third-order valence-electron chi connectivity index (χ3n) is 2.87. The minimum Gasteiger partial charge on any atom is -0.465 e. The number of rotatable bonds is 4. The molecule has 0 saturated carbocycles. The van der Waals surface area contributed by atoms with E-state index < -0.39 is 6.09 Å². The maximum atomic E-state index is 10.4. The number of carboxylic acid groups (broad SMARTS) is 1. The summed E-state index contributed by atoms with van der Waals surface area (Å²) in [5.74, 6) is 1.19. The molecule has 1 fully saturated rings. The number of amides is 1. The lowest BCUT2D eigenvalue weighted by Gasteiger charge is -2.22. The van der Waals surface area contributed by atoms with Gasteiger partial charge in [-0.2, -0.15) is 5.10 Å². The van der Waals surface area contributed by atoms with Gasteiger partial charge < -0.3 is 15.2 Å². The average molecular weight is 240 g/mol. The molecule has 1 saturated heterocycles. The van der Waals surface area contributed by atoms with E-state index in [0.29, 0.717) is 11.7 Å². The highest BCUT2D eigenvalue weighted by Crippen LogP contribution is 2.16. The number of nitrogens with zero attached hydrogens (tertiary/aromatic N) is 3. The van der Waals surface area contributed by atoms with Crippen LogP contribution in [0.25, 0.3) is 0 Å². The van der Waals surface area contributed by atoms with Gasteiger partial charge in [-0.15, -0.1) is 0 Å². The molecule has 7 nitrogen and oxygen atoms in total. The van der Waals surface area contributed by atoms with Crippen molar-refractivity contribution >= 4 is 6.09 Å². The second-order valence-corrected chi connectivity index (χ2v) is 4.07. The van der Waals surface area contributed by atoms with Crippen molar-refractivity contribution in [1.82, 2.24) is 20.1 Å². The minimum atomic E-state index is -1.05. The van der Waals surface area contributed by atoms with E-state index in [4.69, 9.17) is 9.84 Å². The van der Waals surface area contributed by atoms with Crippen molar-refractivity contribution in [2.75, 3.05) is 13.2 Å². The highest BCUT2D eigenvalue weighted by Gasteiger charge is 2.16. The molecular weight excluding hydrogens is 224 g/mol. The van der Waals surface area contributed by atoms with E-state index in [-0.39, 0.29) is 6.54 Å². The molecule has 0 bridgehead atoms. The molecule has 17 heavy (non-hydrogen) atoms. The Kier molecular flexibility index (Phi) is 3.92. The number of aromatic nitrogens is 3. The van der Waals surface area contributed by atoms with E-state index >= 15 is 0 Å². The summed E-state index contributed by atoms with van der Waals surface area (Å²) >= 11 is 0. The zero-order chi connectivity index (χ0) is 12.1. The molecule has 94 valence electrons. The Balaban J connectivity index is 1.91. The van der Waals surface area contributed by atoms with Gasteiger partial charge in [0.2, 0.25) is 0 Å². The zero-order valence-electron chi connectivity index (χ0n) is 9.50. The second kappa shape index (κ2) is 5.62. The molecule has 1 aromatic heterocycles. The molecule has 0 radical (unpaired) electrons. The normalized spacial score (nSPS) is 16.9. The Morgan fingerprint density at radius 3 is 3.06 bits per heavy atom. The Hall–Kier alpha value is -1.63. The van der Waals surface area contributed by atoms with Crippen LogP contribution in [-0.2, 0) is 17.8 Å². The van der Waals surface area contributed by atoms with Gasteiger partial charge in [0, 0.05) is 19.8 Å². The number of nitrogens with one attached hydrogen (secondary N) is 1. The molecule has 2 N–H and O–H groups in total. The molecule has 0 aliphatic carbocycles. The molecule has 2 heterocycles. The SMILES string of the molecule is O=C(O)NCc1ncnn1CC1CCOCC1. The Bertz CT molecular complexity index is 373. The summed E-state index contributed by atoms with van der Waals surface area (Å²) in [5, 5.41) is 15.0. The zero-order valence-corrected chi connectivity index (χ0v) is 9.50. The van der Waals surface area contributed by atoms with Crippen LogP contribution in [0.3, 0.4) is 0 Å². The van der Waals surface area contributed by atoms with Crippen LogP contribution in [0.5, 0.6) is 0 Å². The lowest BCUT2D eigenvalue weighted by atomic mass is 10.0. The maximum Gasteiger partial charge on any atom is 0.405 e. The molecule has 0 atom stereocenters. The fraction of sp³-hybridized carbons (Fsp3) is 0.700. The number of hydrogen-bond acceptors (Lipinski definition) is 4. The third-order valence-corrected chi connectivity index (χ3v) is 2.87. The molecule has 2 rings (SSSR count). The van der Waals surface area contributed by atoms with Crippen molar-refractivity contribution in [3.63, 3.8) is 0 Å². The summed E-state index contributed by atoms with van der Waals surface area (Å²) in [6.45, 7) is 2.56. The van der Waals surface area contributed by atoms with Gasteiger partial charge >= 0.3 is 6.09 Å². The van der Waals surface area contributed by atoms with Crippen LogP contribution in [0.15, 0.2) is 6.33 Å². The number of hydrogen-bond donors (Lipinski definition) is 2. The van der Waals surface area contributed by atoms with Crippen molar-refractivity contribution in [1.29, 1.82) is 0 Å². The molecule has 0 spiro atoms. The van der Waals surface area contributed by atoms with Crippen molar-refractivity contribution in [3.8, 4) is 0 Å². The van der Waals surface area contributed by atoms with Gasteiger partial charge in [-0.25, -0.2) is 14.5 Å². The molecule has 0 aromatic carbocycles. The molecular formula is C10H16N4O3. The number of carbonyl (C=O) groups is 1. The van der Waals surface area contributed by atoms with Crippen molar-refractivity contribution in [3.05, 3.63) is 12.2 Å². The summed E-state index contributed by atoms with van der Waals surface area (Å²) in [4.78, 5) is 14.5. The van der Waals surface area contributed by atoms with E-state index in [0.717, 1.165) is 32.6 Å². The Morgan fingerprint density at radius 1 is 1.59 bits per heavy atom. The monoisotopic (exact) mass is 240 g/mol. The van der Waals surface area contributed by atoms with E-state index in [9.17, 15) is 4.79 Å². The van der Waals surface area contributed by atoms with Gasteiger partial charge in [0.25, 0.3) is 0 Å². The maximum absolute atomic E-state index is 10.4. The Labute approximate surface area is 98.8 Å². The smallest absolute Gasteiger partial charge is 0.405 e. The fourth-order valence-corrected chi connectivity index (χ4v) is 1.91. The first-order valence-corrected chi connectivity index (χ1v) is 5.67. The van der Waals surface area contributed by atoms with Gasteiger partial charge in [-0.1, -0.05) is 0 Å². The summed E-state index contributed by atoms with van der Waals surface area (Å²) in [5.41, 5.74) is 0. The van der Waals surface area contributed by atoms with Crippen LogP contribution in [0.2, 0.25) is 0 Å². The van der Waals surface area contributed by atoms with Crippen LogP contribution in [0.1, 0.15) is 18.7 Å². The highest BCUT2D eigenvalue weighted by molar-refractivity contribution is 5.64. The molecule has 1 aromatic rings. The average Bonchev–Trinajstić information content (AvgIpc) is 2.75. The molecule has 1 aliphatic heterocycles. The van der Waals surface area contributed by atoms with Gasteiger partial charge in [0.1, 0.15) is 12.2 Å². The van der Waals surface area contributed by atoms with Crippen LogP contribution in [0, 0.1) is 5.92 Å². The fourth-order valence-electron chi connectivity index (χ4n) is 1.91. The van der Waals surface area contributed by atoms with Gasteiger partial charge in [0.05, 0.1) is 6.54 Å². The van der Waals surface area contributed by atoms with Crippen LogP contribution in [0.4, 0.5) is 4.79 Å². The topological polar surface area (TPSA) is 89.3 Å². The molecule has 0 unspecified atom stereocenters. The highest BCUT2D eigenvalue weighted by atomic mass is 16.5. The van der Waals surface area contributed by atoms with E-state index in [1.165, 1.54) is 6.33 Å². The lowest BCUT2D eigenvalue weighted by molar-refractivity contribution is 0.0598. The molecule has 1 amide bonds. The van der Waals surface area contributed by atoms with E-state index in [2.05, 4.69) is 15.4 Å². The first-order chi connectivity index (χ1) is 8.25. The minimum absolute atomic E-state index is 0.193. The largest absolute Gasteiger partial charge is 0.465 e.